The maximum atomic E-state index is 12.7. The molecule has 134 valence electrons. The van der Waals surface area contributed by atoms with Gasteiger partial charge in [0.1, 0.15) is 4.88 Å². The summed E-state index contributed by atoms with van der Waals surface area (Å²) in [6.45, 7) is 3.80. The number of carbonyl (C=O) groups excluding carboxylic acids is 1. The molecule has 0 aliphatic carbocycles. The fraction of sp³-hybridized carbons (Fsp3) is 0.263. The number of nitrogens with zero attached hydrogens (tertiary/aromatic N) is 4. The monoisotopic (exact) mass is 367 g/mol. The van der Waals surface area contributed by atoms with E-state index >= 15 is 0 Å². The standard InChI is InChI=1S/C19H21N5OS/c1-12(14-6-8-15(9-7-14)24(3)4)22-18(25)16-13(2)23-19(26-16)17-20-10-5-11-21-17/h5-12H,1-4H3,(H,22,25). The number of thiazole rings is 1. The number of nitrogens with one attached hydrogen (secondary N) is 1. The quantitative estimate of drug-likeness (QED) is 0.748. The van der Waals surface area contributed by atoms with Crippen molar-refractivity contribution in [3.8, 4) is 10.8 Å². The molecule has 2 heterocycles. The summed E-state index contributed by atoms with van der Waals surface area (Å²) in [5, 5.41) is 3.69. The van der Waals surface area contributed by atoms with Crippen LogP contribution in [0.3, 0.4) is 0 Å². The van der Waals surface area contributed by atoms with E-state index in [2.05, 4.69) is 20.3 Å². The molecule has 1 amide bonds. The molecule has 7 heteroatoms. The van der Waals surface area contributed by atoms with Gasteiger partial charge in [0.05, 0.1) is 11.7 Å². The van der Waals surface area contributed by atoms with Crippen LogP contribution in [0.15, 0.2) is 42.7 Å². The minimum absolute atomic E-state index is 0.100. The Balaban J connectivity index is 1.74. The zero-order chi connectivity index (χ0) is 18.7. The van der Waals surface area contributed by atoms with Crippen molar-refractivity contribution in [2.45, 2.75) is 19.9 Å². The Kier molecular flexibility index (Phi) is 5.27. The fourth-order valence-corrected chi connectivity index (χ4v) is 3.44. The van der Waals surface area contributed by atoms with Crippen LogP contribution in [0.2, 0.25) is 0 Å². The molecular weight excluding hydrogens is 346 g/mol. The lowest BCUT2D eigenvalue weighted by atomic mass is 10.1. The van der Waals surface area contributed by atoms with Crippen molar-refractivity contribution in [1.29, 1.82) is 0 Å². The van der Waals surface area contributed by atoms with Crippen LogP contribution < -0.4 is 10.2 Å². The summed E-state index contributed by atoms with van der Waals surface area (Å²) in [7, 11) is 4.00. The smallest absolute Gasteiger partial charge is 0.263 e. The number of carbonyl (C=O) groups is 1. The van der Waals surface area contributed by atoms with Gasteiger partial charge in [-0.15, -0.1) is 11.3 Å². The van der Waals surface area contributed by atoms with Gasteiger partial charge in [0.15, 0.2) is 10.8 Å². The van der Waals surface area contributed by atoms with Gasteiger partial charge in [-0.25, -0.2) is 15.0 Å². The Hall–Kier alpha value is -2.80. The highest BCUT2D eigenvalue weighted by atomic mass is 32.1. The molecule has 3 aromatic rings. The van der Waals surface area contributed by atoms with Gasteiger partial charge in [0.2, 0.25) is 0 Å². The summed E-state index contributed by atoms with van der Waals surface area (Å²) in [6, 6.07) is 9.80. The topological polar surface area (TPSA) is 71.0 Å². The summed E-state index contributed by atoms with van der Waals surface area (Å²) in [5.74, 6) is 0.401. The van der Waals surface area contributed by atoms with Crippen molar-refractivity contribution in [2.24, 2.45) is 0 Å². The van der Waals surface area contributed by atoms with Crippen LogP contribution in [0, 0.1) is 6.92 Å². The summed E-state index contributed by atoms with van der Waals surface area (Å²) < 4.78 is 0. The van der Waals surface area contributed by atoms with E-state index in [1.165, 1.54) is 11.3 Å². The van der Waals surface area contributed by atoms with Gasteiger partial charge in [0.25, 0.3) is 5.91 Å². The molecule has 0 fully saturated rings. The number of benzene rings is 1. The molecule has 26 heavy (non-hydrogen) atoms. The van der Waals surface area contributed by atoms with Gasteiger partial charge in [-0.3, -0.25) is 4.79 Å². The van der Waals surface area contributed by atoms with Crippen LogP contribution in [-0.2, 0) is 0 Å². The number of hydrogen-bond donors (Lipinski definition) is 1. The molecule has 0 aliphatic heterocycles. The van der Waals surface area contributed by atoms with Gasteiger partial charge in [-0.05, 0) is 37.6 Å². The highest BCUT2D eigenvalue weighted by molar-refractivity contribution is 7.17. The third-order valence-corrected chi connectivity index (χ3v) is 5.17. The van der Waals surface area contributed by atoms with Gasteiger partial charge in [-0.2, -0.15) is 0 Å². The molecule has 1 aromatic carbocycles. The number of amides is 1. The molecule has 1 atom stereocenters. The third-order valence-electron chi connectivity index (χ3n) is 4.02. The van der Waals surface area contributed by atoms with Crippen LogP contribution in [0.5, 0.6) is 0 Å². The van der Waals surface area contributed by atoms with Crippen LogP contribution in [0.25, 0.3) is 10.8 Å². The minimum Gasteiger partial charge on any atom is -0.378 e. The molecule has 1 unspecified atom stereocenters. The molecule has 2 aromatic heterocycles. The molecule has 0 saturated carbocycles. The van der Waals surface area contributed by atoms with Crippen LogP contribution in [0.4, 0.5) is 5.69 Å². The Labute approximate surface area is 157 Å². The van der Waals surface area contributed by atoms with Crippen molar-refractivity contribution in [1.82, 2.24) is 20.3 Å². The summed E-state index contributed by atoms with van der Waals surface area (Å²) in [6.07, 6.45) is 3.33. The van der Waals surface area contributed by atoms with Gasteiger partial charge < -0.3 is 10.2 Å². The summed E-state index contributed by atoms with van der Waals surface area (Å²) in [4.78, 5) is 28.1. The Morgan fingerprint density at radius 2 is 1.81 bits per heavy atom. The predicted molar refractivity (Wildman–Crippen MR) is 105 cm³/mol. The molecule has 0 bridgehead atoms. The highest BCUT2D eigenvalue weighted by Crippen LogP contribution is 2.26. The molecule has 0 radical (unpaired) electrons. The lowest BCUT2D eigenvalue weighted by Gasteiger charge is -2.16. The van der Waals surface area contributed by atoms with E-state index in [4.69, 9.17) is 0 Å². The van der Waals surface area contributed by atoms with Crippen LogP contribution >= 0.6 is 11.3 Å². The van der Waals surface area contributed by atoms with E-state index < -0.39 is 0 Å². The van der Waals surface area contributed by atoms with E-state index in [9.17, 15) is 4.79 Å². The molecule has 3 rings (SSSR count). The number of aryl methyl sites for hydroxylation is 1. The Morgan fingerprint density at radius 3 is 2.42 bits per heavy atom. The van der Waals surface area contributed by atoms with Crippen LogP contribution in [-0.4, -0.2) is 35.0 Å². The van der Waals surface area contributed by atoms with Crippen molar-refractivity contribution >= 4 is 22.9 Å². The largest absolute Gasteiger partial charge is 0.378 e. The van der Waals surface area contributed by atoms with E-state index in [0.717, 1.165) is 11.3 Å². The first-order valence-corrected chi connectivity index (χ1v) is 9.10. The second-order valence-electron chi connectivity index (χ2n) is 6.19. The van der Waals surface area contributed by atoms with Crippen molar-refractivity contribution in [2.75, 3.05) is 19.0 Å². The summed E-state index contributed by atoms with van der Waals surface area (Å²) in [5.41, 5.74) is 2.86. The molecule has 0 spiro atoms. The van der Waals surface area contributed by atoms with E-state index in [1.54, 1.807) is 18.5 Å². The Bertz CT molecular complexity index is 890. The third kappa shape index (κ3) is 3.88. The van der Waals surface area contributed by atoms with E-state index in [1.807, 2.05) is 57.1 Å². The second-order valence-corrected chi connectivity index (χ2v) is 7.19. The SMILES string of the molecule is Cc1nc(-c2ncccn2)sc1C(=O)NC(C)c1ccc(N(C)C)cc1. The van der Waals surface area contributed by atoms with E-state index in [-0.39, 0.29) is 11.9 Å². The predicted octanol–water partition coefficient (Wildman–Crippen LogP) is 3.47. The first-order valence-electron chi connectivity index (χ1n) is 8.28. The number of rotatable bonds is 5. The van der Waals surface area contributed by atoms with Gasteiger partial charge in [0, 0.05) is 32.2 Å². The maximum absolute atomic E-state index is 12.7. The summed E-state index contributed by atoms with van der Waals surface area (Å²) >= 11 is 1.31. The van der Waals surface area contributed by atoms with Crippen molar-refractivity contribution < 1.29 is 4.79 Å². The Morgan fingerprint density at radius 1 is 1.15 bits per heavy atom. The van der Waals surface area contributed by atoms with Crippen molar-refractivity contribution in [3.63, 3.8) is 0 Å². The average molecular weight is 367 g/mol. The lowest BCUT2D eigenvalue weighted by Crippen LogP contribution is -2.26. The average Bonchev–Trinajstić information content (AvgIpc) is 3.04. The lowest BCUT2D eigenvalue weighted by molar-refractivity contribution is 0.0943. The molecule has 0 aliphatic rings. The maximum Gasteiger partial charge on any atom is 0.263 e. The minimum atomic E-state index is -0.133. The van der Waals surface area contributed by atoms with Gasteiger partial charge in [-0.1, -0.05) is 12.1 Å². The zero-order valence-corrected chi connectivity index (χ0v) is 16.0. The fourth-order valence-electron chi connectivity index (χ4n) is 2.52. The van der Waals surface area contributed by atoms with E-state index in [0.29, 0.717) is 21.4 Å². The number of anilines is 1. The molecular formula is C19H21N5OS. The highest BCUT2D eigenvalue weighted by Gasteiger charge is 2.19. The number of hydrogen-bond acceptors (Lipinski definition) is 6. The first-order chi connectivity index (χ1) is 12.5. The second kappa shape index (κ2) is 7.61. The van der Waals surface area contributed by atoms with Gasteiger partial charge >= 0.3 is 0 Å². The normalized spacial score (nSPS) is 11.8. The molecule has 1 N–H and O–H groups in total. The van der Waals surface area contributed by atoms with Crippen molar-refractivity contribution in [3.05, 3.63) is 58.9 Å². The zero-order valence-electron chi connectivity index (χ0n) is 15.2. The first kappa shape index (κ1) is 18.0. The number of aromatic nitrogens is 3. The molecule has 6 nitrogen and oxygen atoms in total. The van der Waals surface area contributed by atoms with Crippen LogP contribution in [0.1, 0.15) is 33.9 Å². The molecule has 0 saturated heterocycles.